The third-order valence-corrected chi connectivity index (χ3v) is 3.06. The third-order valence-electron chi connectivity index (χ3n) is 3.06. The van der Waals surface area contributed by atoms with Crippen molar-refractivity contribution < 1.29 is 18.3 Å². The largest absolute Gasteiger partial charge is 0.444 e. The summed E-state index contributed by atoms with van der Waals surface area (Å²) in [5.74, 6) is 0. The molecule has 0 atom stereocenters. The van der Waals surface area contributed by atoms with E-state index in [1.807, 2.05) is 0 Å². The van der Waals surface area contributed by atoms with Crippen molar-refractivity contribution in [3.05, 3.63) is 11.7 Å². The highest BCUT2D eigenvalue weighted by molar-refractivity contribution is 5.68. The molecule has 1 rings (SSSR count). The minimum atomic E-state index is -1.56. The van der Waals surface area contributed by atoms with Crippen LogP contribution in [0.15, 0.2) is 11.7 Å². The number of allylic oxidation sites excluding steroid dienone is 1. The molecule has 5 heteroatoms. The SMILES string of the molecule is CN(C(=O)OC(C)(C)C)C1CCC(=C(F)F)CC1. The van der Waals surface area contributed by atoms with Crippen molar-refractivity contribution in [1.82, 2.24) is 4.90 Å². The van der Waals surface area contributed by atoms with Gasteiger partial charge in [-0.05, 0) is 52.0 Å². The molecule has 0 aromatic carbocycles. The zero-order valence-electron chi connectivity index (χ0n) is 11.4. The van der Waals surface area contributed by atoms with Gasteiger partial charge in [-0.1, -0.05) is 0 Å². The summed E-state index contributed by atoms with van der Waals surface area (Å²) in [6.07, 6.45) is -0.0838. The lowest BCUT2D eigenvalue weighted by Crippen LogP contribution is -2.41. The van der Waals surface area contributed by atoms with E-state index in [1.54, 1.807) is 27.8 Å². The summed E-state index contributed by atoms with van der Waals surface area (Å²) in [7, 11) is 1.67. The lowest BCUT2D eigenvalue weighted by molar-refractivity contribution is 0.0197. The molecule has 3 nitrogen and oxygen atoms in total. The summed E-state index contributed by atoms with van der Waals surface area (Å²) in [4.78, 5) is 13.3. The van der Waals surface area contributed by atoms with E-state index in [0.717, 1.165) is 0 Å². The zero-order valence-corrected chi connectivity index (χ0v) is 11.4. The van der Waals surface area contributed by atoms with Crippen molar-refractivity contribution in [2.24, 2.45) is 0 Å². The Hall–Kier alpha value is -1.13. The van der Waals surface area contributed by atoms with Crippen LogP contribution in [0.25, 0.3) is 0 Å². The van der Waals surface area contributed by atoms with Gasteiger partial charge in [0.2, 0.25) is 0 Å². The van der Waals surface area contributed by atoms with Crippen LogP contribution in [0.3, 0.4) is 0 Å². The standard InChI is InChI=1S/C13H21F2NO2/c1-13(2,3)18-12(17)16(4)10-7-5-9(6-8-10)11(14)15/h10H,5-8H2,1-4H3. The molecule has 1 fully saturated rings. The quantitative estimate of drug-likeness (QED) is 0.715. The van der Waals surface area contributed by atoms with Crippen molar-refractivity contribution >= 4 is 6.09 Å². The molecule has 1 aliphatic rings. The fourth-order valence-corrected chi connectivity index (χ4v) is 2.01. The van der Waals surface area contributed by atoms with E-state index >= 15 is 0 Å². The first-order chi connectivity index (χ1) is 8.20. The molecule has 1 amide bonds. The summed E-state index contributed by atoms with van der Waals surface area (Å²) >= 11 is 0. The van der Waals surface area contributed by atoms with Crippen molar-refractivity contribution in [3.63, 3.8) is 0 Å². The Morgan fingerprint density at radius 3 is 2.17 bits per heavy atom. The molecular weight excluding hydrogens is 240 g/mol. The van der Waals surface area contributed by atoms with E-state index in [0.29, 0.717) is 25.7 Å². The van der Waals surface area contributed by atoms with Gasteiger partial charge in [-0.15, -0.1) is 0 Å². The molecule has 0 aromatic heterocycles. The van der Waals surface area contributed by atoms with Gasteiger partial charge in [0.1, 0.15) is 5.60 Å². The minimum Gasteiger partial charge on any atom is -0.444 e. The van der Waals surface area contributed by atoms with E-state index in [4.69, 9.17) is 4.74 Å². The first kappa shape index (κ1) is 14.9. The summed E-state index contributed by atoms with van der Waals surface area (Å²) < 4.78 is 30.1. The summed E-state index contributed by atoms with van der Waals surface area (Å²) in [5, 5.41) is 0. The maximum atomic E-state index is 12.4. The molecule has 0 saturated heterocycles. The fraction of sp³-hybridized carbons (Fsp3) is 0.769. The van der Waals surface area contributed by atoms with E-state index in [1.165, 1.54) is 4.90 Å². The van der Waals surface area contributed by atoms with Crippen molar-refractivity contribution in [3.8, 4) is 0 Å². The second-order valence-corrected chi connectivity index (χ2v) is 5.69. The summed E-state index contributed by atoms with van der Waals surface area (Å²) in [5.41, 5.74) is -0.306. The number of carbonyl (C=O) groups is 1. The zero-order chi connectivity index (χ0) is 13.9. The van der Waals surface area contributed by atoms with Crippen molar-refractivity contribution in [2.75, 3.05) is 7.05 Å². The Labute approximate surface area is 107 Å². The maximum Gasteiger partial charge on any atom is 0.410 e. The molecule has 0 aromatic rings. The predicted molar refractivity (Wildman–Crippen MR) is 65.5 cm³/mol. The molecule has 1 aliphatic carbocycles. The van der Waals surface area contributed by atoms with Gasteiger partial charge in [0.05, 0.1) is 0 Å². The van der Waals surface area contributed by atoms with Crippen LogP contribution in [-0.4, -0.2) is 29.7 Å². The second-order valence-electron chi connectivity index (χ2n) is 5.69. The highest BCUT2D eigenvalue weighted by Crippen LogP contribution is 2.30. The van der Waals surface area contributed by atoms with Gasteiger partial charge in [-0.2, -0.15) is 8.78 Å². The molecule has 0 bridgehead atoms. The molecule has 0 spiro atoms. The molecule has 18 heavy (non-hydrogen) atoms. The second kappa shape index (κ2) is 5.67. The lowest BCUT2D eigenvalue weighted by atomic mass is 9.91. The predicted octanol–water partition coefficient (Wildman–Crippen LogP) is 3.95. The molecule has 0 N–H and O–H groups in total. The van der Waals surface area contributed by atoms with Crippen LogP contribution in [0.4, 0.5) is 13.6 Å². The van der Waals surface area contributed by atoms with Crippen LogP contribution in [0.2, 0.25) is 0 Å². The third kappa shape index (κ3) is 4.27. The van der Waals surface area contributed by atoms with Crippen LogP contribution < -0.4 is 0 Å². The number of hydrogen-bond acceptors (Lipinski definition) is 2. The Balaban J connectivity index is 2.52. The highest BCUT2D eigenvalue weighted by atomic mass is 19.3. The number of nitrogens with zero attached hydrogens (tertiary/aromatic N) is 1. The monoisotopic (exact) mass is 261 g/mol. The van der Waals surface area contributed by atoms with E-state index in [-0.39, 0.29) is 17.7 Å². The van der Waals surface area contributed by atoms with Gasteiger partial charge >= 0.3 is 6.09 Å². The van der Waals surface area contributed by atoms with Gasteiger partial charge in [0, 0.05) is 13.1 Å². The number of carbonyl (C=O) groups excluding carboxylic acids is 1. The Morgan fingerprint density at radius 1 is 1.28 bits per heavy atom. The van der Waals surface area contributed by atoms with Crippen LogP contribution in [0.1, 0.15) is 46.5 Å². The molecule has 0 aliphatic heterocycles. The molecule has 0 heterocycles. The Bertz CT molecular complexity index is 333. The molecular formula is C13H21F2NO2. The van der Waals surface area contributed by atoms with Gasteiger partial charge in [0.15, 0.2) is 0 Å². The maximum absolute atomic E-state index is 12.4. The molecule has 104 valence electrons. The van der Waals surface area contributed by atoms with E-state index in [2.05, 4.69) is 0 Å². The Morgan fingerprint density at radius 2 is 1.78 bits per heavy atom. The average molecular weight is 261 g/mol. The molecule has 0 unspecified atom stereocenters. The van der Waals surface area contributed by atoms with E-state index < -0.39 is 11.7 Å². The Kier molecular flexibility index (Phi) is 4.71. The van der Waals surface area contributed by atoms with Crippen molar-refractivity contribution in [1.29, 1.82) is 0 Å². The van der Waals surface area contributed by atoms with Crippen molar-refractivity contribution in [2.45, 2.75) is 58.1 Å². The average Bonchev–Trinajstić information content (AvgIpc) is 2.26. The first-order valence-electron chi connectivity index (χ1n) is 6.19. The van der Waals surface area contributed by atoms with Gasteiger partial charge in [-0.3, -0.25) is 0 Å². The highest BCUT2D eigenvalue weighted by Gasteiger charge is 2.28. The van der Waals surface area contributed by atoms with E-state index in [9.17, 15) is 13.6 Å². The van der Waals surface area contributed by atoms with Gasteiger partial charge in [-0.25, -0.2) is 4.79 Å². The van der Waals surface area contributed by atoms with Crippen LogP contribution in [0, 0.1) is 0 Å². The summed E-state index contributed by atoms with van der Waals surface area (Å²) in [6, 6.07) is -0.0112. The smallest absolute Gasteiger partial charge is 0.410 e. The van der Waals surface area contributed by atoms with Crippen LogP contribution in [-0.2, 0) is 4.74 Å². The summed E-state index contributed by atoms with van der Waals surface area (Å²) in [6.45, 7) is 5.41. The normalized spacial score (nSPS) is 20.6. The number of amides is 1. The minimum absolute atomic E-state index is 0.0112. The fourth-order valence-electron chi connectivity index (χ4n) is 2.01. The number of rotatable bonds is 1. The van der Waals surface area contributed by atoms with Crippen LogP contribution in [0.5, 0.6) is 0 Å². The topological polar surface area (TPSA) is 29.5 Å². The number of halogens is 2. The number of hydrogen-bond donors (Lipinski definition) is 0. The van der Waals surface area contributed by atoms with Crippen LogP contribution >= 0.6 is 0 Å². The first-order valence-corrected chi connectivity index (χ1v) is 6.19. The molecule has 1 saturated carbocycles. The van der Waals surface area contributed by atoms with Gasteiger partial charge < -0.3 is 9.64 Å². The molecule has 0 radical (unpaired) electrons. The van der Waals surface area contributed by atoms with Gasteiger partial charge in [0.25, 0.3) is 6.08 Å². The lowest BCUT2D eigenvalue weighted by Gasteiger charge is -2.33. The number of ether oxygens (including phenoxy) is 1.